The second-order valence-electron chi connectivity index (χ2n) is 7.67. The molecule has 0 amide bonds. The van der Waals surface area contributed by atoms with Crippen molar-refractivity contribution in [2.24, 2.45) is 22.9 Å². The van der Waals surface area contributed by atoms with Gasteiger partial charge in [0.05, 0.1) is 16.0 Å². The van der Waals surface area contributed by atoms with E-state index in [-0.39, 0.29) is 41.3 Å². The number of sulfone groups is 1. The van der Waals surface area contributed by atoms with E-state index in [1.165, 1.54) is 6.07 Å². The molecule has 1 aromatic heterocycles. The summed E-state index contributed by atoms with van der Waals surface area (Å²) in [7, 11) is -2.89. The Bertz CT molecular complexity index is 1000. The monoisotopic (exact) mass is 471 g/mol. The molecule has 1 aromatic carbocycles. The van der Waals surface area contributed by atoms with Crippen LogP contribution in [0, 0.1) is 23.6 Å². The Labute approximate surface area is 170 Å². The Morgan fingerprint density at radius 2 is 2.00 bits per heavy atom. The molecule has 2 heterocycles. The number of hydrogen-bond donors (Lipinski definition) is 1. The fraction of sp³-hybridized carbons (Fsp3) is 0.500. The Morgan fingerprint density at radius 3 is 2.64 bits per heavy atom. The van der Waals surface area contributed by atoms with Crippen molar-refractivity contribution < 1.29 is 22.6 Å². The van der Waals surface area contributed by atoms with Gasteiger partial charge in [0.15, 0.2) is 15.5 Å². The fourth-order valence-corrected chi connectivity index (χ4v) is 7.16. The van der Waals surface area contributed by atoms with Crippen molar-refractivity contribution in [3.05, 3.63) is 45.4 Å². The van der Waals surface area contributed by atoms with Crippen LogP contribution in [0.25, 0.3) is 0 Å². The van der Waals surface area contributed by atoms with Gasteiger partial charge in [-0.3, -0.25) is 0 Å². The van der Waals surface area contributed by atoms with Crippen LogP contribution in [0.2, 0.25) is 0 Å². The zero-order chi connectivity index (χ0) is 19.9. The summed E-state index contributed by atoms with van der Waals surface area (Å²) in [4.78, 5) is 0. The smallest absolute Gasteiger partial charge is 0.156 e. The highest BCUT2D eigenvalue weighted by atomic mass is 79.9. The molecule has 4 rings (SSSR count). The second-order valence-corrected chi connectivity index (χ2v) is 10.7. The van der Waals surface area contributed by atoms with Gasteiger partial charge in [0.2, 0.25) is 0 Å². The van der Waals surface area contributed by atoms with Crippen LogP contribution in [-0.2, 0) is 22.7 Å². The first-order valence-corrected chi connectivity index (χ1v) is 11.6. The molecule has 2 atom stereocenters. The first kappa shape index (κ1) is 19.5. The van der Waals surface area contributed by atoms with Crippen LogP contribution in [-0.4, -0.2) is 41.2 Å². The molecule has 0 spiro atoms. The number of benzene rings is 1. The van der Waals surface area contributed by atoms with Crippen LogP contribution >= 0.6 is 15.9 Å². The lowest BCUT2D eigenvalue weighted by atomic mass is 9.97. The minimum atomic E-state index is -2.89. The minimum absolute atomic E-state index is 0.223. The lowest BCUT2D eigenvalue weighted by Gasteiger charge is -2.10. The van der Waals surface area contributed by atoms with E-state index < -0.39 is 9.84 Å². The first-order valence-electron chi connectivity index (χ1n) is 9.01. The van der Waals surface area contributed by atoms with Gasteiger partial charge in [-0.1, -0.05) is 16.4 Å². The number of hydrogen-bond acceptors (Lipinski definition) is 7. The standard InChI is InChI=1S/C18H19BrFN3O4S/c19-14-5-10(1-2-15(14)20)6-16(21-24)18-17(22-27-23-18)7-11-3-12-8-28(25,26)9-13(12)4-11/h1-2,5,11-13,24H,3-4,6-9H2. The third kappa shape index (κ3) is 3.98. The lowest BCUT2D eigenvalue weighted by Crippen LogP contribution is -2.13. The van der Waals surface area contributed by atoms with E-state index in [4.69, 9.17) is 4.63 Å². The molecule has 1 saturated carbocycles. The van der Waals surface area contributed by atoms with Crippen LogP contribution < -0.4 is 0 Å². The summed E-state index contributed by atoms with van der Waals surface area (Å²) in [5, 5.41) is 20.7. The molecule has 1 aliphatic carbocycles. The molecule has 2 fully saturated rings. The highest BCUT2D eigenvalue weighted by molar-refractivity contribution is 9.10. The molecular formula is C18H19BrFN3O4S. The molecule has 7 nitrogen and oxygen atoms in total. The summed E-state index contributed by atoms with van der Waals surface area (Å²) in [5.74, 6) is 0.934. The van der Waals surface area contributed by atoms with E-state index in [9.17, 15) is 18.0 Å². The van der Waals surface area contributed by atoms with Gasteiger partial charge in [-0.2, -0.15) is 0 Å². The van der Waals surface area contributed by atoms with Crippen LogP contribution in [0.1, 0.15) is 29.8 Å². The molecule has 1 aliphatic heterocycles. The van der Waals surface area contributed by atoms with Crippen molar-refractivity contribution >= 4 is 31.5 Å². The van der Waals surface area contributed by atoms with Crippen molar-refractivity contribution in [2.45, 2.75) is 25.7 Å². The number of aromatic nitrogens is 2. The maximum absolute atomic E-state index is 13.4. The highest BCUT2D eigenvalue weighted by Crippen LogP contribution is 2.43. The van der Waals surface area contributed by atoms with Gasteiger partial charge in [0, 0.05) is 6.42 Å². The lowest BCUT2D eigenvalue weighted by molar-refractivity contribution is 0.298. The van der Waals surface area contributed by atoms with Crippen molar-refractivity contribution in [1.82, 2.24) is 10.3 Å². The number of fused-ring (bicyclic) bond motifs is 1. The maximum Gasteiger partial charge on any atom is 0.156 e. The molecule has 150 valence electrons. The van der Waals surface area contributed by atoms with Gasteiger partial charge in [0.1, 0.15) is 17.2 Å². The predicted molar refractivity (Wildman–Crippen MR) is 102 cm³/mol. The molecule has 0 radical (unpaired) electrons. The van der Waals surface area contributed by atoms with E-state index in [1.54, 1.807) is 12.1 Å². The molecule has 1 N–H and O–H groups in total. The Kier molecular flexibility index (Phi) is 5.26. The highest BCUT2D eigenvalue weighted by Gasteiger charge is 2.44. The van der Waals surface area contributed by atoms with Gasteiger partial charge in [-0.05, 0) is 75.8 Å². The summed E-state index contributed by atoms with van der Waals surface area (Å²) >= 11 is 3.14. The Balaban J connectivity index is 1.47. The number of rotatable bonds is 5. The maximum atomic E-state index is 13.4. The molecule has 2 aliphatic rings. The number of oxime groups is 1. The third-order valence-corrected chi connectivity index (χ3v) is 8.14. The summed E-state index contributed by atoms with van der Waals surface area (Å²) < 4.78 is 42.2. The van der Waals surface area contributed by atoms with Crippen molar-refractivity contribution in [1.29, 1.82) is 0 Å². The van der Waals surface area contributed by atoms with E-state index in [0.29, 0.717) is 28.2 Å². The Morgan fingerprint density at radius 1 is 1.29 bits per heavy atom. The fourth-order valence-electron chi connectivity index (χ4n) is 4.48. The summed E-state index contributed by atoms with van der Waals surface area (Å²) in [5.41, 5.74) is 2.01. The van der Waals surface area contributed by atoms with Crippen LogP contribution in [0.4, 0.5) is 4.39 Å². The van der Waals surface area contributed by atoms with E-state index in [2.05, 4.69) is 31.4 Å². The van der Waals surface area contributed by atoms with Gasteiger partial charge in [-0.25, -0.2) is 17.4 Å². The summed E-state index contributed by atoms with van der Waals surface area (Å²) in [6.07, 6.45) is 2.52. The van der Waals surface area contributed by atoms with E-state index in [0.717, 1.165) is 18.4 Å². The topological polar surface area (TPSA) is 106 Å². The summed E-state index contributed by atoms with van der Waals surface area (Å²) in [6.45, 7) is 0. The average Bonchev–Trinajstić information content (AvgIpc) is 3.29. The van der Waals surface area contributed by atoms with Gasteiger partial charge >= 0.3 is 0 Å². The molecule has 28 heavy (non-hydrogen) atoms. The largest absolute Gasteiger partial charge is 0.411 e. The normalized spacial score (nSPS) is 26.5. The van der Waals surface area contributed by atoms with Crippen molar-refractivity contribution in [3.8, 4) is 0 Å². The first-order chi connectivity index (χ1) is 13.3. The zero-order valence-electron chi connectivity index (χ0n) is 14.9. The molecule has 1 saturated heterocycles. The minimum Gasteiger partial charge on any atom is -0.411 e. The third-order valence-electron chi connectivity index (χ3n) is 5.66. The molecule has 0 bridgehead atoms. The number of halogens is 2. The second kappa shape index (κ2) is 7.55. The van der Waals surface area contributed by atoms with E-state index >= 15 is 0 Å². The molecular weight excluding hydrogens is 453 g/mol. The van der Waals surface area contributed by atoms with Crippen LogP contribution in [0.15, 0.2) is 32.5 Å². The Hall–Kier alpha value is -1.81. The molecule has 2 unspecified atom stereocenters. The average molecular weight is 472 g/mol. The van der Waals surface area contributed by atoms with Crippen LogP contribution in [0.3, 0.4) is 0 Å². The van der Waals surface area contributed by atoms with Gasteiger partial charge in [0.25, 0.3) is 0 Å². The molecule has 2 aromatic rings. The quantitative estimate of drug-likeness (QED) is 0.408. The SMILES string of the molecule is O=S1(=O)CC2CC(Cc3nonc3C(Cc3ccc(F)c(Br)c3)=NO)CC2C1. The van der Waals surface area contributed by atoms with Gasteiger partial charge in [-0.15, -0.1) is 0 Å². The van der Waals surface area contributed by atoms with Crippen LogP contribution in [0.5, 0.6) is 0 Å². The number of nitrogens with zero attached hydrogens (tertiary/aromatic N) is 3. The molecule has 10 heteroatoms. The predicted octanol–water partition coefficient (Wildman–Crippen LogP) is 3.01. The summed E-state index contributed by atoms with van der Waals surface area (Å²) in [6, 6.07) is 4.56. The van der Waals surface area contributed by atoms with Gasteiger partial charge < -0.3 is 5.21 Å². The van der Waals surface area contributed by atoms with Crippen molar-refractivity contribution in [2.75, 3.05) is 11.5 Å². The van der Waals surface area contributed by atoms with Crippen molar-refractivity contribution in [3.63, 3.8) is 0 Å². The zero-order valence-corrected chi connectivity index (χ0v) is 17.3. The van der Waals surface area contributed by atoms with E-state index in [1.807, 2.05) is 0 Å².